The minimum Gasteiger partial charge on any atom is -0.381 e. The molecule has 4 fully saturated rings. The van der Waals surface area contributed by atoms with E-state index >= 15 is 0 Å². The van der Waals surface area contributed by atoms with E-state index in [4.69, 9.17) is 10.00 Å². The third-order valence-corrected chi connectivity index (χ3v) is 10.6. The van der Waals surface area contributed by atoms with Crippen molar-refractivity contribution in [2.24, 2.45) is 46.8 Å². The second-order valence-electron chi connectivity index (χ2n) is 12.1. The van der Waals surface area contributed by atoms with Crippen LogP contribution in [-0.4, -0.2) is 19.1 Å². The fraction of sp³-hybridized carbons (Fsp3) is 0.733. The lowest BCUT2D eigenvalue weighted by Gasteiger charge is -2.56. The molecule has 0 saturated heterocycles. The van der Waals surface area contributed by atoms with Crippen molar-refractivity contribution in [1.29, 1.82) is 5.26 Å². The van der Waals surface area contributed by atoms with Crippen LogP contribution in [-0.2, 0) is 9.53 Å². The lowest BCUT2D eigenvalue weighted by Crippen LogP contribution is -2.50. The van der Waals surface area contributed by atoms with E-state index in [2.05, 4.69) is 25.2 Å². The summed E-state index contributed by atoms with van der Waals surface area (Å²) in [5.41, 5.74) is 2.59. The van der Waals surface area contributed by atoms with Crippen molar-refractivity contribution in [2.75, 3.05) is 18.5 Å². The van der Waals surface area contributed by atoms with Gasteiger partial charge in [-0.25, -0.2) is 0 Å². The van der Waals surface area contributed by atoms with E-state index in [1.807, 2.05) is 19.1 Å². The Morgan fingerprint density at radius 2 is 1.94 bits per heavy atom. The Bertz CT molecular complexity index is 952. The molecule has 8 atom stereocenters. The predicted octanol–water partition coefficient (Wildman–Crippen LogP) is 6.73. The Balaban J connectivity index is 1.26. The number of carbonyl (C=O) groups excluding carboxylic acids is 1. The summed E-state index contributed by atoms with van der Waals surface area (Å²) in [5.74, 6) is 5.29. The van der Waals surface area contributed by atoms with Gasteiger partial charge in [0.25, 0.3) is 0 Å². The van der Waals surface area contributed by atoms with E-state index in [0.29, 0.717) is 11.5 Å². The highest BCUT2D eigenvalue weighted by Gasteiger charge is 2.58. The maximum atomic E-state index is 13.5. The van der Waals surface area contributed by atoms with Crippen LogP contribution in [0.2, 0.25) is 0 Å². The molecule has 0 bridgehead atoms. The number of hydrogen-bond donors (Lipinski definition) is 1. The third-order valence-electron chi connectivity index (χ3n) is 10.6. The van der Waals surface area contributed by atoms with E-state index in [1.54, 1.807) is 6.07 Å². The summed E-state index contributed by atoms with van der Waals surface area (Å²) in [5, 5.41) is 12.4. The van der Waals surface area contributed by atoms with Gasteiger partial charge < -0.3 is 10.1 Å². The summed E-state index contributed by atoms with van der Waals surface area (Å²) < 4.78 is 5.77. The van der Waals surface area contributed by atoms with Gasteiger partial charge in [0, 0.05) is 24.8 Å². The zero-order valence-corrected chi connectivity index (χ0v) is 21.3. The van der Waals surface area contributed by atoms with Crippen molar-refractivity contribution in [3.63, 3.8) is 0 Å². The van der Waals surface area contributed by atoms with Crippen LogP contribution in [0, 0.1) is 65.1 Å². The summed E-state index contributed by atoms with van der Waals surface area (Å²) in [4.78, 5) is 13.5. The largest absolute Gasteiger partial charge is 0.381 e. The van der Waals surface area contributed by atoms with E-state index in [1.165, 1.54) is 51.4 Å². The molecule has 1 N–H and O–H groups in total. The Kier molecular flexibility index (Phi) is 6.77. The first-order chi connectivity index (χ1) is 16.4. The van der Waals surface area contributed by atoms with Gasteiger partial charge >= 0.3 is 0 Å². The van der Waals surface area contributed by atoms with Gasteiger partial charge in [0.15, 0.2) is 0 Å². The van der Waals surface area contributed by atoms with Gasteiger partial charge in [-0.15, -0.1) is 0 Å². The molecular weight excluding hydrogens is 420 g/mol. The molecule has 1 aromatic carbocycles. The smallest absolute Gasteiger partial charge is 0.228 e. The first kappa shape index (κ1) is 23.9. The second-order valence-corrected chi connectivity index (χ2v) is 12.1. The van der Waals surface area contributed by atoms with Gasteiger partial charge in [-0.1, -0.05) is 6.92 Å². The summed E-state index contributed by atoms with van der Waals surface area (Å²) in [6, 6.07) is 7.74. The number of aryl methyl sites for hydroxylation is 1. The summed E-state index contributed by atoms with van der Waals surface area (Å²) in [6.45, 7) is 8.32. The maximum Gasteiger partial charge on any atom is 0.228 e. The molecule has 0 spiro atoms. The highest BCUT2D eigenvalue weighted by atomic mass is 16.5. The topological polar surface area (TPSA) is 62.1 Å². The molecule has 4 saturated carbocycles. The molecule has 1 aromatic rings. The minimum atomic E-state index is 0.105. The van der Waals surface area contributed by atoms with Gasteiger partial charge in [-0.2, -0.15) is 5.26 Å². The number of nitrogens with one attached hydrogen (secondary N) is 1. The van der Waals surface area contributed by atoms with Crippen molar-refractivity contribution >= 4 is 11.6 Å². The van der Waals surface area contributed by atoms with Crippen molar-refractivity contribution in [1.82, 2.24) is 0 Å². The molecule has 5 rings (SSSR count). The first-order valence-electron chi connectivity index (χ1n) is 13.8. The molecule has 184 valence electrons. The van der Waals surface area contributed by atoms with Crippen LogP contribution in [0.4, 0.5) is 5.69 Å². The molecule has 0 aromatic heterocycles. The monoisotopic (exact) mass is 462 g/mol. The molecule has 4 aliphatic rings. The standard InChI is InChI=1S/C30H42N2O2/c1-4-34-18-21-5-8-23-22(16-21)7-9-25-24(23)13-14-30(3)26(25)10-11-27(30)29(33)32-28-12-6-20(17-31)15-19(28)2/h6,12,15,21-27H,4-5,7-11,13-14,16,18H2,1-3H3,(H,32,33). The van der Waals surface area contributed by atoms with Crippen LogP contribution in [0.25, 0.3) is 0 Å². The Hall–Kier alpha value is -1.86. The minimum absolute atomic E-state index is 0.105. The molecule has 4 heteroatoms. The van der Waals surface area contributed by atoms with Crippen LogP contribution in [0.5, 0.6) is 0 Å². The van der Waals surface area contributed by atoms with E-state index in [-0.39, 0.29) is 17.2 Å². The predicted molar refractivity (Wildman–Crippen MR) is 135 cm³/mol. The Morgan fingerprint density at radius 3 is 2.71 bits per heavy atom. The van der Waals surface area contributed by atoms with Crippen molar-refractivity contribution in [2.45, 2.75) is 78.6 Å². The number of ether oxygens (including phenoxy) is 1. The molecule has 34 heavy (non-hydrogen) atoms. The number of hydrogen-bond acceptors (Lipinski definition) is 3. The SMILES string of the molecule is CCOCC1CCC2C(CCC3C2CCC2(C)C(C(=O)Nc4ccc(C#N)cc4C)CCC32)C1. The molecular formula is C30H42N2O2. The summed E-state index contributed by atoms with van der Waals surface area (Å²) >= 11 is 0. The number of anilines is 1. The number of carbonyl (C=O) groups is 1. The number of nitriles is 1. The molecule has 1 amide bonds. The summed E-state index contributed by atoms with van der Waals surface area (Å²) in [7, 11) is 0. The van der Waals surface area contributed by atoms with E-state index < -0.39 is 0 Å². The first-order valence-corrected chi connectivity index (χ1v) is 13.8. The van der Waals surface area contributed by atoms with Gasteiger partial charge in [-0.3, -0.25) is 4.79 Å². The van der Waals surface area contributed by atoms with Gasteiger partial charge in [0.2, 0.25) is 5.91 Å². The van der Waals surface area contributed by atoms with Gasteiger partial charge in [0.1, 0.15) is 0 Å². The van der Waals surface area contributed by atoms with Crippen LogP contribution in [0.3, 0.4) is 0 Å². The highest BCUT2D eigenvalue weighted by molar-refractivity contribution is 5.94. The zero-order chi connectivity index (χ0) is 23.9. The van der Waals surface area contributed by atoms with Crippen molar-refractivity contribution in [3.05, 3.63) is 29.3 Å². The summed E-state index contributed by atoms with van der Waals surface area (Å²) in [6.07, 6.45) is 11.6. The Labute approximate surface area is 205 Å². The fourth-order valence-corrected chi connectivity index (χ4v) is 8.91. The molecule has 0 radical (unpaired) electrons. The molecule has 8 unspecified atom stereocenters. The highest BCUT2D eigenvalue weighted by Crippen LogP contribution is 2.64. The van der Waals surface area contributed by atoms with Crippen molar-refractivity contribution < 1.29 is 9.53 Å². The van der Waals surface area contributed by atoms with Crippen LogP contribution in [0.15, 0.2) is 18.2 Å². The second kappa shape index (κ2) is 9.65. The zero-order valence-electron chi connectivity index (χ0n) is 21.3. The Morgan fingerprint density at radius 1 is 1.12 bits per heavy atom. The molecule has 4 nitrogen and oxygen atoms in total. The van der Waals surface area contributed by atoms with Crippen molar-refractivity contribution in [3.8, 4) is 6.07 Å². The average Bonchev–Trinajstić information content (AvgIpc) is 3.21. The van der Waals surface area contributed by atoms with E-state index in [0.717, 1.165) is 60.5 Å². The number of nitrogens with zero attached hydrogens (tertiary/aromatic N) is 1. The number of rotatable bonds is 5. The molecule has 0 heterocycles. The van der Waals surface area contributed by atoms with Crippen LogP contribution >= 0.6 is 0 Å². The number of fused-ring (bicyclic) bond motifs is 5. The lowest BCUT2D eigenvalue weighted by molar-refractivity contribution is -0.127. The van der Waals surface area contributed by atoms with Gasteiger partial charge in [-0.05, 0) is 136 Å². The third kappa shape index (κ3) is 4.19. The maximum absolute atomic E-state index is 13.5. The molecule has 0 aliphatic heterocycles. The average molecular weight is 463 g/mol. The normalized spacial score (nSPS) is 38.8. The number of benzene rings is 1. The van der Waals surface area contributed by atoms with Gasteiger partial charge in [0.05, 0.1) is 11.6 Å². The van der Waals surface area contributed by atoms with Crippen LogP contribution in [0.1, 0.15) is 82.8 Å². The fourth-order valence-electron chi connectivity index (χ4n) is 8.91. The lowest BCUT2D eigenvalue weighted by atomic mass is 9.49. The van der Waals surface area contributed by atoms with Crippen LogP contribution < -0.4 is 5.32 Å². The molecule has 4 aliphatic carbocycles. The quantitative estimate of drug-likeness (QED) is 0.528. The number of amides is 1. The van der Waals surface area contributed by atoms with E-state index in [9.17, 15) is 4.79 Å².